The summed E-state index contributed by atoms with van der Waals surface area (Å²) in [6.07, 6.45) is 5.17. The molecule has 0 bridgehead atoms. The zero-order chi connectivity index (χ0) is 11.2. The monoisotopic (exact) mass is 234 g/mol. The highest BCUT2D eigenvalue weighted by Crippen LogP contribution is 2.12. The summed E-state index contributed by atoms with van der Waals surface area (Å²) in [4.78, 5) is 8.08. The van der Waals surface area contributed by atoms with Crippen molar-refractivity contribution < 1.29 is 4.74 Å². The predicted octanol–water partition coefficient (Wildman–Crippen LogP) is 2.79. The lowest BCUT2D eigenvalue weighted by Crippen LogP contribution is -1.96. The molecule has 4 heteroatoms. The Kier molecular flexibility index (Phi) is 3.72. The number of hydrogen-bond donors (Lipinski definition) is 0. The number of pyridine rings is 2. The van der Waals surface area contributed by atoms with Crippen LogP contribution in [0.2, 0.25) is 0 Å². The second-order valence-electron chi connectivity index (χ2n) is 3.26. The fourth-order valence-electron chi connectivity index (χ4n) is 1.22. The fraction of sp³-hybridized carbons (Fsp3) is 0.167. The molecule has 16 heavy (non-hydrogen) atoms. The predicted molar refractivity (Wildman–Crippen MR) is 62.4 cm³/mol. The van der Waals surface area contributed by atoms with E-state index in [0.29, 0.717) is 12.5 Å². The first-order chi connectivity index (χ1) is 7.88. The van der Waals surface area contributed by atoms with Crippen molar-refractivity contribution in [1.29, 1.82) is 0 Å². The lowest BCUT2D eigenvalue weighted by atomic mass is 10.3. The maximum Gasteiger partial charge on any atom is 0.138 e. The Bertz CT molecular complexity index is 431. The minimum atomic E-state index is 0.421. The second kappa shape index (κ2) is 5.47. The van der Waals surface area contributed by atoms with E-state index in [4.69, 9.17) is 16.3 Å². The summed E-state index contributed by atoms with van der Waals surface area (Å²) in [7, 11) is 0. The van der Waals surface area contributed by atoms with Crippen LogP contribution in [0.4, 0.5) is 0 Å². The van der Waals surface area contributed by atoms with Gasteiger partial charge in [0.2, 0.25) is 0 Å². The molecule has 0 aliphatic heterocycles. The van der Waals surface area contributed by atoms with Gasteiger partial charge < -0.3 is 4.74 Å². The summed E-state index contributed by atoms with van der Waals surface area (Å²) in [6.45, 7) is 0.518. The van der Waals surface area contributed by atoms with Crippen LogP contribution in [0.5, 0.6) is 5.75 Å². The van der Waals surface area contributed by atoms with E-state index in [0.717, 1.165) is 17.0 Å². The number of hydrogen-bond acceptors (Lipinski definition) is 3. The standard InChI is InChI=1S/C12H11ClN2O/c13-7-11-1-2-12(8-15-11)16-9-10-3-5-14-6-4-10/h1-6,8H,7,9H2. The average molecular weight is 235 g/mol. The van der Waals surface area contributed by atoms with Crippen molar-refractivity contribution in [3.05, 3.63) is 54.1 Å². The number of nitrogens with zero attached hydrogens (tertiary/aromatic N) is 2. The Morgan fingerprint density at radius 3 is 2.56 bits per heavy atom. The highest BCUT2D eigenvalue weighted by Gasteiger charge is 1.97. The smallest absolute Gasteiger partial charge is 0.138 e. The summed E-state index contributed by atoms with van der Waals surface area (Å²) in [6, 6.07) is 7.56. The molecule has 0 amide bonds. The third-order valence-electron chi connectivity index (χ3n) is 2.09. The molecule has 0 radical (unpaired) electrons. The van der Waals surface area contributed by atoms with E-state index >= 15 is 0 Å². The van der Waals surface area contributed by atoms with Crippen LogP contribution in [0.3, 0.4) is 0 Å². The van der Waals surface area contributed by atoms with Crippen LogP contribution in [-0.4, -0.2) is 9.97 Å². The maximum atomic E-state index is 5.64. The van der Waals surface area contributed by atoms with Gasteiger partial charge in [-0.15, -0.1) is 11.6 Å². The summed E-state index contributed by atoms with van der Waals surface area (Å²) in [5, 5.41) is 0. The Labute approximate surface area is 99.1 Å². The van der Waals surface area contributed by atoms with Crippen molar-refractivity contribution in [3.8, 4) is 5.75 Å². The van der Waals surface area contributed by atoms with Gasteiger partial charge in [-0.05, 0) is 29.8 Å². The van der Waals surface area contributed by atoms with Crippen molar-refractivity contribution >= 4 is 11.6 Å². The Balaban J connectivity index is 1.94. The van der Waals surface area contributed by atoms with Gasteiger partial charge >= 0.3 is 0 Å². The molecule has 2 rings (SSSR count). The molecular formula is C12H11ClN2O. The summed E-state index contributed by atoms with van der Waals surface area (Å²) in [5.41, 5.74) is 1.93. The normalized spacial score (nSPS) is 10.1. The van der Waals surface area contributed by atoms with Gasteiger partial charge in [0, 0.05) is 12.4 Å². The van der Waals surface area contributed by atoms with Crippen LogP contribution in [0.15, 0.2) is 42.9 Å². The Morgan fingerprint density at radius 1 is 1.12 bits per heavy atom. The summed E-state index contributed by atoms with van der Waals surface area (Å²) >= 11 is 5.64. The van der Waals surface area contributed by atoms with Crippen LogP contribution < -0.4 is 4.74 Å². The average Bonchev–Trinajstić information content (AvgIpc) is 2.38. The van der Waals surface area contributed by atoms with E-state index < -0.39 is 0 Å². The SMILES string of the molecule is ClCc1ccc(OCc2ccncc2)cn1. The number of halogens is 1. The van der Waals surface area contributed by atoms with E-state index in [9.17, 15) is 0 Å². The molecule has 0 aliphatic rings. The highest BCUT2D eigenvalue weighted by atomic mass is 35.5. The topological polar surface area (TPSA) is 35.0 Å². The first-order valence-corrected chi connectivity index (χ1v) is 5.44. The largest absolute Gasteiger partial charge is 0.487 e. The molecule has 0 unspecified atom stereocenters. The Morgan fingerprint density at radius 2 is 1.94 bits per heavy atom. The lowest BCUT2D eigenvalue weighted by molar-refractivity contribution is 0.304. The third-order valence-corrected chi connectivity index (χ3v) is 2.36. The number of aromatic nitrogens is 2. The molecule has 0 saturated carbocycles. The zero-order valence-electron chi connectivity index (χ0n) is 8.64. The quantitative estimate of drug-likeness (QED) is 0.763. The number of alkyl halides is 1. The molecule has 0 spiro atoms. The summed E-state index contributed by atoms with van der Waals surface area (Å²) < 4.78 is 5.56. The van der Waals surface area contributed by atoms with Crippen LogP contribution in [0, 0.1) is 0 Å². The van der Waals surface area contributed by atoms with E-state index in [2.05, 4.69) is 9.97 Å². The van der Waals surface area contributed by atoms with Crippen LogP contribution >= 0.6 is 11.6 Å². The van der Waals surface area contributed by atoms with Crippen molar-refractivity contribution in [2.45, 2.75) is 12.5 Å². The van der Waals surface area contributed by atoms with Gasteiger partial charge in [0.25, 0.3) is 0 Å². The van der Waals surface area contributed by atoms with Gasteiger partial charge in [-0.1, -0.05) is 0 Å². The van der Waals surface area contributed by atoms with Gasteiger partial charge in [-0.25, -0.2) is 0 Å². The van der Waals surface area contributed by atoms with E-state index in [-0.39, 0.29) is 0 Å². The molecule has 0 N–H and O–H groups in total. The van der Waals surface area contributed by atoms with Gasteiger partial charge in [-0.2, -0.15) is 0 Å². The zero-order valence-corrected chi connectivity index (χ0v) is 9.39. The highest BCUT2D eigenvalue weighted by molar-refractivity contribution is 6.16. The fourth-order valence-corrected chi connectivity index (χ4v) is 1.38. The number of rotatable bonds is 4. The third kappa shape index (κ3) is 2.94. The molecule has 0 aromatic carbocycles. The van der Waals surface area contributed by atoms with Crippen molar-refractivity contribution in [2.75, 3.05) is 0 Å². The van der Waals surface area contributed by atoms with Crippen LogP contribution in [-0.2, 0) is 12.5 Å². The molecule has 0 saturated heterocycles. The second-order valence-corrected chi connectivity index (χ2v) is 3.53. The van der Waals surface area contributed by atoms with Gasteiger partial charge in [-0.3, -0.25) is 9.97 Å². The molecule has 82 valence electrons. The Hall–Kier alpha value is -1.61. The molecule has 2 aromatic rings. The summed E-state index contributed by atoms with van der Waals surface area (Å²) in [5.74, 6) is 1.16. The minimum Gasteiger partial charge on any atom is -0.487 e. The molecule has 0 atom stereocenters. The maximum absolute atomic E-state index is 5.64. The lowest BCUT2D eigenvalue weighted by Gasteiger charge is -2.05. The molecular weight excluding hydrogens is 224 g/mol. The minimum absolute atomic E-state index is 0.421. The molecule has 2 aromatic heterocycles. The van der Waals surface area contributed by atoms with E-state index in [1.54, 1.807) is 18.6 Å². The van der Waals surface area contributed by atoms with Gasteiger partial charge in [0.05, 0.1) is 17.8 Å². The molecule has 0 fully saturated rings. The first kappa shape index (κ1) is 10.9. The van der Waals surface area contributed by atoms with Gasteiger partial charge in [0.15, 0.2) is 0 Å². The van der Waals surface area contributed by atoms with Crippen molar-refractivity contribution in [1.82, 2.24) is 9.97 Å². The molecule has 2 heterocycles. The molecule has 3 nitrogen and oxygen atoms in total. The van der Waals surface area contributed by atoms with Crippen LogP contribution in [0.25, 0.3) is 0 Å². The van der Waals surface area contributed by atoms with E-state index in [1.165, 1.54) is 0 Å². The van der Waals surface area contributed by atoms with Crippen LogP contribution in [0.1, 0.15) is 11.3 Å². The van der Waals surface area contributed by atoms with E-state index in [1.807, 2.05) is 24.3 Å². The number of ether oxygens (including phenoxy) is 1. The van der Waals surface area contributed by atoms with Crippen molar-refractivity contribution in [3.63, 3.8) is 0 Å². The molecule has 0 aliphatic carbocycles. The van der Waals surface area contributed by atoms with Gasteiger partial charge in [0.1, 0.15) is 12.4 Å². The first-order valence-electron chi connectivity index (χ1n) is 4.91. The van der Waals surface area contributed by atoms with Crippen molar-refractivity contribution in [2.24, 2.45) is 0 Å².